The topological polar surface area (TPSA) is 37.3 Å². The zero-order valence-electron chi connectivity index (χ0n) is 11.0. The average Bonchev–Trinajstić information content (AvgIpc) is 2.27. The van der Waals surface area contributed by atoms with Crippen LogP contribution in [0.2, 0.25) is 0 Å². The quantitative estimate of drug-likeness (QED) is 0.862. The molecule has 2 nitrogen and oxygen atoms in total. The van der Waals surface area contributed by atoms with E-state index in [9.17, 15) is 9.90 Å². The van der Waals surface area contributed by atoms with Gasteiger partial charge in [-0.3, -0.25) is 4.79 Å². The molecule has 2 rings (SSSR count). The molecule has 0 aliphatic rings. The van der Waals surface area contributed by atoms with Gasteiger partial charge in [0, 0.05) is 0 Å². The molecule has 0 amide bonds. The lowest BCUT2D eigenvalue weighted by atomic mass is 9.75. The van der Waals surface area contributed by atoms with Gasteiger partial charge in [0.05, 0.1) is 5.92 Å². The van der Waals surface area contributed by atoms with Crippen molar-refractivity contribution in [1.29, 1.82) is 0 Å². The maximum Gasteiger partial charge on any atom is 0.311 e. The van der Waals surface area contributed by atoms with E-state index >= 15 is 0 Å². The first-order valence-corrected chi connectivity index (χ1v) is 6.12. The highest BCUT2D eigenvalue weighted by atomic mass is 16.4. The fraction of sp³-hybridized carbons (Fsp3) is 0.312. The van der Waals surface area contributed by atoms with Gasteiger partial charge in [0.1, 0.15) is 0 Å². The molecule has 94 valence electrons. The van der Waals surface area contributed by atoms with Gasteiger partial charge in [-0.25, -0.2) is 0 Å². The number of hydrogen-bond acceptors (Lipinski definition) is 1. The number of rotatable bonds is 2. The number of carboxylic acids is 1. The summed E-state index contributed by atoms with van der Waals surface area (Å²) in [4.78, 5) is 11.6. The molecule has 2 aromatic rings. The summed E-state index contributed by atoms with van der Waals surface area (Å²) >= 11 is 0. The Morgan fingerprint density at radius 2 is 1.67 bits per heavy atom. The largest absolute Gasteiger partial charge is 0.481 e. The molecule has 2 aromatic carbocycles. The van der Waals surface area contributed by atoms with E-state index in [1.54, 1.807) is 0 Å². The van der Waals surface area contributed by atoms with Crippen molar-refractivity contribution in [2.24, 2.45) is 5.41 Å². The van der Waals surface area contributed by atoms with Crippen LogP contribution in [-0.4, -0.2) is 11.1 Å². The second-order valence-corrected chi connectivity index (χ2v) is 5.71. The van der Waals surface area contributed by atoms with Gasteiger partial charge in [-0.05, 0) is 21.8 Å². The number of fused-ring (bicyclic) bond motifs is 1. The Balaban J connectivity index is 2.69. The molecular weight excluding hydrogens is 224 g/mol. The lowest BCUT2D eigenvalue weighted by molar-refractivity contribution is -0.141. The number of carboxylic acid groups (broad SMARTS) is 1. The first-order chi connectivity index (χ1) is 8.41. The minimum atomic E-state index is -0.765. The number of hydrogen-bond donors (Lipinski definition) is 1. The fourth-order valence-electron chi connectivity index (χ4n) is 2.47. The van der Waals surface area contributed by atoms with Crippen LogP contribution in [0, 0.1) is 5.41 Å². The third-order valence-electron chi connectivity index (χ3n) is 3.25. The minimum absolute atomic E-state index is 0.310. The first-order valence-electron chi connectivity index (χ1n) is 6.12. The van der Waals surface area contributed by atoms with Crippen molar-refractivity contribution in [3.63, 3.8) is 0 Å². The third kappa shape index (κ3) is 2.23. The predicted octanol–water partition coefficient (Wildman–Crippen LogP) is 4.05. The van der Waals surface area contributed by atoms with Gasteiger partial charge in [0.2, 0.25) is 0 Å². The van der Waals surface area contributed by atoms with Gasteiger partial charge in [-0.1, -0.05) is 63.2 Å². The Bertz CT molecular complexity index is 574. The molecule has 2 heteroatoms. The molecule has 0 radical (unpaired) electrons. The van der Waals surface area contributed by atoms with E-state index in [1.165, 1.54) is 0 Å². The van der Waals surface area contributed by atoms with Crippen molar-refractivity contribution < 1.29 is 9.90 Å². The molecule has 0 fully saturated rings. The standard InChI is InChI=1S/C16H18O2/c1-16(2,3)14(15(17)18)13-10-6-8-11-7-4-5-9-12(11)13/h4-10,14H,1-3H3,(H,17,18). The number of benzene rings is 2. The van der Waals surface area contributed by atoms with Gasteiger partial charge >= 0.3 is 5.97 Å². The van der Waals surface area contributed by atoms with Crippen molar-refractivity contribution >= 4 is 16.7 Å². The van der Waals surface area contributed by atoms with Crippen molar-refractivity contribution in [2.45, 2.75) is 26.7 Å². The van der Waals surface area contributed by atoms with Crippen LogP contribution in [0.15, 0.2) is 42.5 Å². The van der Waals surface area contributed by atoms with E-state index in [0.717, 1.165) is 16.3 Å². The van der Waals surface area contributed by atoms with Gasteiger partial charge in [-0.15, -0.1) is 0 Å². The molecule has 1 atom stereocenters. The smallest absolute Gasteiger partial charge is 0.311 e. The zero-order valence-corrected chi connectivity index (χ0v) is 11.0. The first kappa shape index (κ1) is 12.6. The Hall–Kier alpha value is -1.83. The highest BCUT2D eigenvalue weighted by Crippen LogP contribution is 2.38. The van der Waals surface area contributed by atoms with E-state index in [0.29, 0.717) is 0 Å². The maximum atomic E-state index is 11.6. The summed E-state index contributed by atoms with van der Waals surface area (Å²) in [5, 5.41) is 11.6. The summed E-state index contributed by atoms with van der Waals surface area (Å²) in [7, 11) is 0. The molecule has 0 saturated carbocycles. The molecule has 0 aliphatic heterocycles. The molecule has 1 N–H and O–H groups in total. The van der Waals surface area contributed by atoms with Crippen LogP contribution < -0.4 is 0 Å². The van der Waals surface area contributed by atoms with E-state index in [2.05, 4.69) is 0 Å². The Labute approximate surface area is 107 Å². The van der Waals surface area contributed by atoms with Gasteiger partial charge in [-0.2, -0.15) is 0 Å². The fourth-order valence-corrected chi connectivity index (χ4v) is 2.47. The van der Waals surface area contributed by atoms with Crippen molar-refractivity contribution in [3.8, 4) is 0 Å². The summed E-state index contributed by atoms with van der Waals surface area (Å²) in [5.41, 5.74) is 0.587. The van der Waals surface area contributed by atoms with Crippen LogP contribution in [0.5, 0.6) is 0 Å². The van der Waals surface area contributed by atoms with Gasteiger partial charge < -0.3 is 5.11 Å². The molecular formula is C16H18O2. The highest BCUT2D eigenvalue weighted by Gasteiger charge is 2.33. The Kier molecular flexibility index (Phi) is 3.12. The minimum Gasteiger partial charge on any atom is -0.481 e. The molecule has 0 heterocycles. The van der Waals surface area contributed by atoms with Crippen molar-refractivity contribution in [2.75, 3.05) is 0 Å². The van der Waals surface area contributed by atoms with Crippen molar-refractivity contribution in [3.05, 3.63) is 48.0 Å². The predicted molar refractivity (Wildman–Crippen MR) is 73.8 cm³/mol. The highest BCUT2D eigenvalue weighted by molar-refractivity contribution is 5.91. The van der Waals surface area contributed by atoms with E-state index in [1.807, 2.05) is 63.2 Å². The third-order valence-corrected chi connectivity index (χ3v) is 3.25. The second-order valence-electron chi connectivity index (χ2n) is 5.71. The molecule has 0 spiro atoms. The number of carbonyl (C=O) groups is 1. The Morgan fingerprint density at radius 3 is 2.28 bits per heavy atom. The van der Waals surface area contributed by atoms with Crippen LogP contribution >= 0.6 is 0 Å². The summed E-state index contributed by atoms with van der Waals surface area (Å²) < 4.78 is 0. The van der Waals surface area contributed by atoms with Crippen LogP contribution in [0.4, 0.5) is 0 Å². The van der Waals surface area contributed by atoms with E-state index in [-0.39, 0.29) is 5.41 Å². The Morgan fingerprint density at radius 1 is 1.06 bits per heavy atom. The second kappa shape index (κ2) is 4.45. The zero-order chi connectivity index (χ0) is 13.3. The van der Waals surface area contributed by atoms with Gasteiger partial charge in [0.25, 0.3) is 0 Å². The monoisotopic (exact) mass is 242 g/mol. The summed E-state index contributed by atoms with van der Waals surface area (Å²) in [6, 6.07) is 13.8. The maximum absolute atomic E-state index is 11.6. The molecule has 0 bridgehead atoms. The lowest BCUT2D eigenvalue weighted by Crippen LogP contribution is -2.26. The summed E-state index contributed by atoms with van der Waals surface area (Å²) in [6.07, 6.45) is 0. The molecule has 0 saturated heterocycles. The SMILES string of the molecule is CC(C)(C)C(C(=O)O)c1cccc2ccccc12. The van der Waals surface area contributed by atoms with Crippen LogP contribution in [0.25, 0.3) is 10.8 Å². The van der Waals surface area contributed by atoms with Crippen LogP contribution in [0.3, 0.4) is 0 Å². The van der Waals surface area contributed by atoms with E-state index < -0.39 is 11.9 Å². The molecule has 18 heavy (non-hydrogen) atoms. The molecule has 0 aromatic heterocycles. The lowest BCUT2D eigenvalue weighted by Gasteiger charge is -2.28. The normalized spacial score (nSPS) is 13.5. The van der Waals surface area contributed by atoms with Gasteiger partial charge in [0.15, 0.2) is 0 Å². The van der Waals surface area contributed by atoms with Crippen LogP contribution in [0.1, 0.15) is 32.3 Å². The summed E-state index contributed by atoms with van der Waals surface area (Å²) in [6.45, 7) is 5.90. The van der Waals surface area contributed by atoms with Crippen molar-refractivity contribution in [1.82, 2.24) is 0 Å². The molecule has 0 aliphatic carbocycles. The molecule has 1 unspecified atom stereocenters. The number of aliphatic carboxylic acids is 1. The van der Waals surface area contributed by atoms with Crippen LogP contribution in [-0.2, 0) is 4.79 Å². The van der Waals surface area contributed by atoms with E-state index in [4.69, 9.17) is 0 Å². The average molecular weight is 242 g/mol. The summed E-state index contributed by atoms with van der Waals surface area (Å²) in [5.74, 6) is -1.26.